The molecule has 4 rings (SSSR count). The number of hydrogen-bond acceptors (Lipinski definition) is 5. The molecular weight excluding hydrogens is 406 g/mol. The Labute approximate surface area is 188 Å². The van der Waals surface area contributed by atoms with Crippen molar-refractivity contribution < 1.29 is 19.1 Å². The molecule has 32 heavy (non-hydrogen) atoms. The van der Waals surface area contributed by atoms with E-state index in [0.717, 1.165) is 34.4 Å². The summed E-state index contributed by atoms with van der Waals surface area (Å²) in [6, 6.07) is 9.70. The van der Waals surface area contributed by atoms with E-state index in [1.54, 1.807) is 14.2 Å². The summed E-state index contributed by atoms with van der Waals surface area (Å²) < 4.78 is 10.9. The number of ether oxygens (including phenoxy) is 2. The minimum absolute atomic E-state index is 0.0934. The van der Waals surface area contributed by atoms with Crippen LogP contribution in [0.1, 0.15) is 48.1 Å². The molecule has 0 radical (unpaired) electrons. The third kappa shape index (κ3) is 3.83. The SMILES string of the molecule is COc1cc2c(cc1OC)[C@@H](C)N(C(=O)C1=NN(c3cc(C)ccc3C)C(=O)CC1)CC2. The van der Waals surface area contributed by atoms with Gasteiger partial charge in [0.1, 0.15) is 5.71 Å². The number of carbonyl (C=O) groups is 2. The van der Waals surface area contributed by atoms with Gasteiger partial charge in [0, 0.05) is 19.4 Å². The van der Waals surface area contributed by atoms with Crippen molar-refractivity contribution in [3.63, 3.8) is 0 Å². The van der Waals surface area contributed by atoms with Gasteiger partial charge >= 0.3 is 0 Å². The van der Waals surface area contributed by atoms with Crippen molar-refractivity contribution in [2.45, 2.75) is 46.1 Å². The van der Waals surface area contributed by atoms with Crippen LogP contribution >= 0.6 is 0 Å². The summed E-state index contributed by atoms with van der Waals surface area (Å²) in [5.74, 6) is 1.12. The number of aryl methyl sites for hydroxylation is 2. The fraction of sp³-hybridized carbons (Fsp3) is 0.400. The normalized spacial score (nSPS) is 18.2. The maximum atomic E-state index is 13.5. The molecule has 2 amide bonds. The van der Waals surface area contributed by atoms with Gasteiger partial charge in [0.05, 0.1) is 25.9 Å². The molecule has 2 aliphatic heterocycles. The van der Waals surface area contributed by atoms with E-state index in [4.69, 9.17) is 9.47 Å². The van der Waals surface area contributed by atoms with Gasteiger partial charge in [-0.25, -0.2) is 5.01 Å². The number of anilines is 1. The lowest BCUT2D eigenvalue weighted by Gasteiger charge is -2.36. The monoisotopic (exact) mass is 435 g/mol. The first kappa shape index (κ1) is 21.9. The standard InChI is InChI=1S/C25H29N3O4/c1-15-6-7-16(2)21(12-15)28-24(29)9-8-20(26-28)25(30)27-11-10-18-13-22(31-4)23(32-5)14-19(18)17(27)3/h6-7,12-14,17H,8-11H2,1-5H3/t17-/m1/s1. The van der Waals surface area contributed by atoms with E-state index in [-0.39, 0.29) is 24.3 Å². The molecule has 0 N–H and O–H groups in total. The number of hydrogen-bond donors (Lipinski definition) is 0. The van der Waals surface area contributed by atoms with Gasteiger partial charge in [0.15, 0.2) is 11.5 Å². The first-order chi connectivity index (χ1) is 15.3. The number of rotatable bonds is 4. The molecule has 0 bridgehead atoms. The molecule has 2 aromatic carbocycles. The summed E-state index contributed by atoms with van der Waals surface area (Å²) in [5, 5.41) is 5.92. The van der Waals surface area contributed by atoms with E-state index in [0.29, 0.717) is 30.2 Å². The highest BCUT2D eigenvalue weighted by molar-refractivity contribution is 6.40. The summed E-state index contributed by atoms with van der Waals surface area (Å²) in [5.41, 5.74) is 5.33. The number of fused-ring (bicyclic) bond motifs is 1. The highest BCUT2D eigenvalue weighted by Gasteiger charge is 2.34. The first-order valence-electron chi connectivity index (χ1n) is 10.9. The molecule has 0 aliphatic carbocycles. The van der Waals surface area contributed by atoms with Crippen LogP contribution < -0.4 is 14.5 Å². The molecule has 7 heteroatoms. The Kier molecular flexibility index (Phi) is 5.91. The van der Waals surface area contributed by atoms with Crippen molar-refractivity contribution in [3.05, 3.63) is 52.6 Å². The Morgan fingerprint density at radius 3 is 2.47 bits per heavy atom. The van der Waals surface area contributed by atoms with Crippen LogP contribution in [-0.2, 0) is 16.0 Å². The quantitative estimate of drug-likeness (QED) is 0.729. The largest absolute Gasteiger partial charge is 0.493 e. The van der Waals surface area contributed by atoms with Gasteiger partial charge in [-0.3, -0.25) is 9.59 Å². The summed E-state index contributed by atoms with van der Waals surface area (Å²) in [6.45, 7) is 6.51. The maximum Gasteiger partial charge on any atom is 0.270 e. The number of hydrazone groups is 1. The minimum atomic E-state index is -0.138. The predicted molar refractivity (Wildman–Crippen MR) is 123 cm³/mol. The molecular formula is C25H29N3O4. The highest BCUT2D eigenvalue weighted by Crippen LogP contribution is 2.38. The lowest BCUT2D eigenvalue weighted by molar-refractivity contribution is -0.126. The Balaban J connectivity index is 1.64. The van der Waals surface area contributed by atoms with Crippen molar-refractivity contribution >= 4 is 23.2 Å². The van der Waals surface area contributed by atoms with Crippen molar-refractivity contribution in [3.8, 4) is 11.5 Å². The van der Waals surface area contributed by atoms with E-state index in [1.165, 1.54) is 5.01 Å². The number of amides is 2. The third-order valence-electron chi connectivity index (χ3n) is 6.32. The van der Waals surface area contributed by atoms with E-state index in [1.807, 2.05) is 56.0 Å². The highest BCUT2D eigenvalue weighted by atomic mass is 16.5. The Bertz CT molecular complexity index is 1110. The van der Waals surface area contributed by atoms with Crippen LogP contribution in [0.2, 0.25) is 0 Å². The predicted octanol–water partition coefficient (Wildman–Crippen LogP) is 3.95. The second-order valence-corrected chi connectivity index (χ2v) is 8.37. The van der Waals surface area contributed by atoms with E-state index in [2.05, 4.69) is 5.10 Å². The van der Waals surface area contributed by atoms with E-state index < -0.39 is 0 Å². The van der Waals surface area contributed by atoms with Gasteiger partial charge in [0.2, 0.25) is 5.91 Å². The van der Waals surface area contributed by atoms with Gasteiger partial charge in [-0.15, -0.1) is 0 Å². The molecule has 0 saturated carbocycles. The summed E-state index contributed by atoms with van der Waals surface area (Å²) >= 11 is 0. The topological polar surface area (TPSA) is 71.4 Å². The fourth-order valence-corrected chi connectivity index (χ4v) is 4.43. The van der Waals surface area contributed by atoms with Crippen LogP contribution in [0, 0.1) is 13.8 Å². The zero-order valence-corrected chi connectivity index (χ0v) is 19.3. The molecule has 0 aromatic heterocycles. The summed E-state index contributed by atoms with van der Waals surface area (Å²) in [6.07, 6.45) is 1.33. The van der Waals surface area contributed by atoms with Crippen LogP contribution in [0.3, 0.4) is 0 Å². The molecule has 0 spiro atoms. The molecule has 168 valence electrons. The molecule has 2 aromatic rings. The second-order valence-electron chi connectivity index (χ2n) is 8.37. The van der Waals surface area contributed by atoms with Gasteiger partial charge in [-0.2, -0.15) is 5.10 Å². The lowest BCUT2D eigenvalue weighted by Crippen LogP contribution is -2.45. The lowest BCUT2D eigenvalue weighted by atomic mass is 9.92. The summed E-state index contributed by atoms with van der Waals surface area (Å²) in [4.78, 5) is 28.0. The maximum absolute atomic E-state index is 13.5. The Morgan fingerprint density at radius 1 is 1.03 bits per heavy atom. The van der Waals surface area contributed by atoms with Crippen molar-refractivity contribution in [2.75, 3.05) is 25.8 Å². The van der Waals surface area contributed by atoms with Gasteiger partial charge in [0.25, 0.3) is 5.91 Å². The first-order valence-corrected chi connectivity index (χ1v) is 10.9. The number of methoxy groups -OCH3 is 2. The van der Waals surface area contributed by atoms with Crippen LogP contribution in [0.4, 0.5) is 5.69 Å². The van der Waals surface area contributed by atoms with Gasteiger partial charge in [-0.1, -0.05) is 12.1 Å². The molecule has 2 heterocycles. The number of nitrogens with zero attached hydrogens (tertiary/aromatic N) is 3. The minimum Gasteiger partial charge on any atom is -0.493 e. The molecule has 0 unspecified atom stereocenters. The van der Waals surface area contributed by atoms with E-state index >= 15 is 0 Å². The van der Waals surface area contributed by atoms with E-state index in [9.17, 15) is 9.59 Å². The molecule has 2 aliphatic rings. The van der Waals surface area contributed by atoms with Crippen molar-refractivity contribution in [2.24, 2.45) is 5.10 Å². The zero-order chi connectivity index (χ0) is 23.0. The third-order valence-corrected chi connectivity index (χ3v) is 6.32. The average molecular weight is 436 g/mol. The van der Waals surface area contributed by atoms with Crippen LogP contribution in [0.15, 0.2) is 35.4 Å². The van der Waals surface area contributed by atoms with Gasteiger partial charge < -0.3 is 14.4 Å². The molecule has 1 atom stereocenters. The molecule has 0 saturated heterocycles. The number of benzene rings is 2. The average Bonchev–Trinajstić information content (AvgIpc) is 2.80. The number of carbonyl (C=O) groups excluding carboxylic acids is 2. The van der Waals surface area contributed by atoms with Crippen molar-refractivity contribution in [1.29, 1.82) is 0 Å². The second kappa shape index (κ2) is 8.65. The summed E-state index contributed by atoms with van der Waals surface area (Å²) in [7, 11) is 3.23. The Hall–Kier alpha value is -3.35. The van der Waals surface area contributed by atoms with Gasteiger partial charge in [-0.05, 0) is 67.6 Å². The fourth-order valence-electron chi connectivity index (χ4n) is 4.43. The smallest absolute Gasteiger partial charge is 0.270 e. The molecule has 0 fully saturated rings. The van der Waals surface area contributed by atoms with Crippen LogP contribution in [0.25, 0.3) is 0 Å². The zero-order valence-electron chi connectivity index (χ0n) is 19.3. The van der Waals surface area contributed by atoms with Crippen LogP contribution in [0.5, 0.6) is 11.5 Å². The van der Waals surface area contributed by atoms with Crippen LogP contribution in [-0.4, -0.2) is 43.2 Å². The Morgan fingerprint density at radius 2 is 1.75 bits per heavy atom. The molecule has 7 nitrogen and oxygen atoms in total. The van der Waals surface area contributed by atoms with Crippen molar-refractivity contribution in [1.82, 2.24) is 4.90 Å².